The van der Waals surface area contributed by atoms with E-state index in [0.29, 0.717) is 23.4 Å². The second-order valence-corrected chi connectivity index (χ2v) is 11.2. The van der Waals surface area contributed by atoms with E-state index in [9.17, 15) is 22.8 Å². The summed E-state index contributed by atoms with van der Waals surface area (Å²) in [7, 11) is 0. The number of carbonyl (C=O) groups is 2. The highest BCUT2D eigenvalue weighted by molar-refractivity contribution is 5.93. The normalized spacial score (nSPS) is 12.1. The number of ether oxygens (including phenoxy) is 2. The van der Waals surface area contributed by atoms with Crippen molar-refractivity contribution < 1.29 is 32.2 Å². The zero-order valence-corrected chi connectivity index (χ0v) is 25.9. The number of rotatable bonds is 17. The average Bonchev–Trinajstić information content (AvgIpc) is 3.00. The van der Waals surface area contributed by atoms with Crippen LogP contribution in [0, 0.1) is 6.92 Å². The first-order chi connectivity index (χ1) is 21.1. The van der Waals surface area contributed by atoms with Crippen LogP contribution in [0.15, 0.2) is 54.9 Å². The number of carbonyl (C=O) groups excluding carboxylic acids is 2. The molecule has 0 radical (unpaired) electrons. The van der Waals surface area contributed by atoms with Crippen LogP contribution in [0.1, 0.15) is 116 Å². The third-order valence-corrected chi connectivity index (χ3v) is 7.47. The molecule has 0 aliphatic carbocycles. The van der Waals surface area contributed by atoms with Crippen molar-refractivity contribution in [1.82, 2.24) is 9.97 Å². The number of nitrogens with zero attached hydrogens (tertiary/aromatic N) is 2. The zero-order chi connectivity index (χ0) is 32.0. The molecular weight excluding hydrogens is 569 g/mol. The van der Waals surface area contributed by atoms with Gasteiger partial charge in [0, 0.05) is 18.0 Å². The second kappa shape index (κ2) is 17.5. The molecule has 1 heterocycles. The van der Waals surface area contributed by atoms with Crippen LogP contribution in [0.2, 0.25) is 0 Å². The van der Waals surface area contributed by atoms with Gasteiger partial charge in [-0.05, 0) is 74.1 Å². The molecule has 6 nitrogen and oxygen atoms in total. The van der Waals surface area contributed by atoms with E-state index in [2.05, 4.69) is 16.9 Å². The molecule has 0 N–H and O–H groups in total. The fraction of sp³-hybridized carbons (Fsp3) is 0.486. The summed E-state index contributed by atoms with van der Waals surface area (Å²) in [5.41, 5.74) is 2.46. The predicted molar refractivity (Wildman–Crippen MR) is 165 cm³/mol. The van der Waals surface area contributed by atoms with Gasteiger partial charge in [-0.25, -0.2) is 19.6 Å². The van der Waals surface area contributed by atoms with Crippen molar-refractivity contribution in [3.63, 3.8) is 0 Å². The largest absolute Gasteiger partial charge is 0.449 e. The first-order valence-corrected chi connectivity index (χ1v) is 15.6. The maximum absolute atomic E-state index is 13.3. The Morgan fingerprint density at radius 3 is 2.00 bits per heavy atom. The van der Waals surface area contributed by atoms with Crippen LogP contribution in [0.25, 0.3) is 11.4 Å². The number of esters is 2. The van der Waals surface area contributed by atoms with Crippen molar-refractivity contribution in [2.24, 2.45) is 0 Å². The molecule has 1 aromatic heterocycles. The molecule has 3 aromatic rings. The highest BCUT2D eigenvalue weighted by Crippen LogP contribution is 2.29. The van der Waals surface area contributed by atoms with E-state index >= 15 is 0 Å². The molecule has 0 spiro atoms. The number of alkyl halides is 3. The molecule has 9 heteroatoms. The second-order valence-electron chi connectivity index (χ2n) is 11.2. The molecule has 0 saturated heterocycles. The minimum absolute atomic E-state index is 0.0243. The Labute approximate surface area is 258 Å². The summed E-state index contributed by atoms with van der Waals surface area (Å²) in [6, 6.07) is 10.8. The molecule has 3 rings (SSSR count). The SMILES string of the molecule is CCCCCCCCCCc1cnc(-c2ccc(C(=O)Oc3ccc(C(=O)O[C@@H](CCCC)C(F)(F)F)c(C)c3)cc2)nc1. The highest BCUT2D eigenvalue weighted by atomic mass is 19.4. The van der Waals surface area contributed by atoms with Gasteiger partial charge in [0.2, 0.25) is 0 Å². The third-order valence-electron chi connectivity index (χ3n) is 7.47. The molecular formula is C35H43F3N2O4. The molecule has 44 heavy (non-hydrogen) atoms. The number of unbranched alkanes of at least 4 members (excludes halogenated alkanes) is 8. The Balaban J connectivity index is 1.52. The maximum atomic E-state index is 13.3. The Morgan fingerprint density at radius 2 is 1.41 bits per heavy atom. The number of aryl methyl sites for hydroxylation is 2. The van der Waals surface area contributed by atoms with Gasteiger partial charge in [0.25, 0.3) is 0 Å². The molecule has 0 aliphatic heterocycles. The smallest absolute Gasteiger partial charge is 0.425 e. The summed E-state index contributed by atoms with van der Waals surface area (Å²) < 4.78 is 50.1. The third kappa shape index (κ3) is 11.1. The summed E-state index contributed by atoms with van der Waals surface area (Å²) in [6.45, 7) is 5.53. The minimum Gasteiger partial charge on any atom is -0.449 e. The van der Waals surface area contributed by atoms with E-state index in [1.54, 1.807) is 31.2 Å². The lowest BCUT2D eigenvalue weighted by Gasteiger charge is -2.21. The summed E-state index contributed by atoms with van der Waals surface area (Å²) in [6.07, 6.45) is 8.52. The molecule has 0 saturated carbocycles. The first-order valence-electron chi connectivity index (χ1n) is 15.6. The lowest BCUT2D eigenvalue weighted by molar-refractivity contribution is -0.206. The molecule has 2 aromatic carbocycles. The molecule has 0 aliphatic rings. The van der Waals surface area contributed by atoms with E-state index < -0.39 is 24.2 Å². The zero-order valence-electron chi connectivity index (χ0n) is 25.9. The summed E-state index contributed by atoms with van der Waals surface area (Å²) >= 11 is 0. The predicted octanol–water partition coefficient (Wildman–Crippen LogP) is 9.63. The van der Waals surface area contributed by atoms with E-state index in [0.717, 1.165) is 24.0 Å². The molecule has 1 atom stereocenters. The Bertz CT molecular complexity index is 1330. The molecule has 0 fully saturated rings. The van der Waals surface area contributed by atoms with Crippen LogP contribution >= 0.6 is 0 Å². The summed E-state index contributed by atoms with van der Waals surface area (Å²) in [5.74, 6) is -0.977. The topological polar surface area (TPSA) is 78.4 Å². The van der Waals surface area contributed by atoms with E-state index in [1.807, 2.05) is 12.4 Å². The lowest BCUT2D eigenvalue weighted by Crippen LogP contribution is -2.34. The Hall–Kier alpha value is -3.75. The fourth-order valence-corrected chi connectivity index (χ4v) is 4.82. The fourth-order valence-electron chi connectivity index (χ4n) is 4.82. The number of halogens is 3. The summed E-state index contributed by atoms with van der Waals surface area (Å²) in [5, 5.41) is 0. The van der Waals surface area contributed by atoms with Gasteiger partial charge in [0.15, 0.2) is 11.9 Å². The number of hydrogen-bond acceptors (Lipinski definition) is 6. The van der Waals surface area contributed by atoms with Crippen molar-refractivity contribution in [3.05, 3.63) is 77.1 Å². The van der Waals surface area contributed by atoms with Gasteiger partial charge in [-0.1, -0.05) is 77.3 Å². The number of aromatic nitrogens is 2. The van der Waals surface area contributed by atoms with E-state index in [1.165, 1.54) is 70.1 Å². The van der Waals surface area contributed by atoms with Crippen molar-refractivity contribution in [2.75, 3.05) is 0 Å². The van der Waals surface area contributed by atoms with Gasteiger partial charge < -0.3 is 9.47 Å². The van der Waals surface area contributed by atoms with E-state index in [-0.39, 0.29) is 24.2 Å². The average molecular weight is 613 g/mol. The van der Waals surface area contributed by atoms with Gasteiger partial charge in [-0.2, -0.15) is 13.2 Å². The van der Waals surface area contributed by atoms with Gasteiger partial charge >= 0.3 is 18.1 Å². The van der Waals surface area contributed by atoms with Crippen LogP contribution in [-0.4, -0.2) is 34.2 Å². The maximum Gasteiger partial charge on any atom is 0.425 e. The lowest BCUT2D eigenvalue weighted by atomic mass is 10.1. The van der Waals surface area contributed by atoms with Crippen molar-refractivity contribution >= 4 is 11.9 Å². The minimum atomic E-state index is -4.65. The standard InChI is InChI=1S/C35H43F3N2O4/c1-4-6-8-9-10-11-12-13-14-26-23-39-32(40-24-26)27-16-18-28(19-17-27)33(41)43-29-20-21-30(25(3)22-29)34(42)44-31(15-7-5-2)35(36,37)38/h16-24,31H,4-15H2,1-3H3/t31-/m0/s1. The number of hydrogen-bond donors (Lipinski definition) is 0. The van der Waals surface area contributed by atoms with Gasteiger partial charge in [-0.3, -0.25) is 0 Å². The van der Waals surface area contributed by atoms with E-state index in [4.69, 9.17) is 9.47 Å². The van der Waals surface area contributed by atoms with Crippen LogP contribution in [0.5, 0.6) is 5.75 Å². The van der Waals surface area contributed by atoms with Crippen LogP contribution in [-0.2, 0) is 11.2 Å². The van der Waals surface area contributed by atoms with Crippen molar-refractivity contribution in [1.29, 1.82) is 0 Å². The molecule has 0 bridgehead atoms. The van der Waals surface area contributed by atoms with Gasteiger partial charge in [-0.15, -0.1) is 0 Å². The van der Waals surface area contributed by atoms with Crippen LogP contribution in [0.3, 0.4) is 0 Å². The molecule has 238 valence electrons. The summed E-state index contributed by atoms with van der Waals surface area (Å²) in [4.78, 5) is 34.2. The monoisotopic (exact) mass is 612 g/mol. The Kier molecular flexibility index (Phi) is 13.8. The van der Waals surface area contributed by atoms with Gasteiger partial charge in [0.05, 0.1) is 11.1 Å². The Morgan fingerprint density at radius 1 is 0.795 bits per heavy atom. The first kappa shape index (κ1) is 34.7. The van der Waals surface area contributed by atoms with Crippen molar-refractivity contribution in [3.8, 4) is 17.1 Å². The molecule has 0 unspecified atom stereocenters. The van der Waals surface area contributed by atoms with Gasteiger partial charge in [0.1, 0.15) is 5.75 Å². The highest BCUT2D eigenvalue weighted by Gasteiger charge is 2.42. The van der Waals surface area contributed by atoms with Crippen LogP contribution in [0.4, 0.5) is 13.2 Å². The van der Waals surface area contributed by atoms with Crippen molar-refractivity contribution in [2.45, 2.75) is 110 Å². The number of benzene rings is 2. The molecule has 0 amide bonds. The van der Waals surface area contributed by atoms with Crippen LogP contribution < -0.4 is 4.74 Å². The quantitative estimate of drug-likeness (QED) is 0.0858.